The summed E-state index contributed by atoms with van der Waals surface area (Å²) < 4.78 is 15.8. The summed E-state index contributed by atoms with van der Waals surface area (Å²) in [6.07, 6.45) is 2.83. The fourth-order valence-electron chi connectivity index (χ4n) is 2.41. The largest absolute Gasteiger partial charge is 0.310 e. The highest BCUT2D eigenvalue weighted by atomic mass is 79.9. The zero-order chi connectivity index (χ0) is 14.7. The predicted octanol–water partition coefficient (Wildman–Crippen LogP) is 3.52. The van der Waals surface area contributed by atoms with Crippen LogP contribution in [0.4, 0.5) is 4.39 Å². The van der Waals surface area contributed by atoms with Crippen molar-refractivity contribution in [3.05, 3.63) is 51.5 Å². The highest BCUT2D eigenvalue weighted by Crippen LogP contribution is 2.26. The van der Waals surface area contributed by atoms with E-state index in [1.165, 1.54) is 17.7 Å². The second kappa shape index (κ2) is 6.50. The van der Waals surface area contributed by atoms with Crippen molar-refractivity contribution in [3.8, 4) is 0 Å². The van der Waals surface area contributed by atoms with E-state index >= 15 is 0 Å². The average molecular weight is 340 g/mol. The van der Waals surface area contributed by atoms with Crippen molar-refractivity contribution in [1.29, 1.82) is 0 Å². The summed E-state index contributed by atoms with van der Waals surface area (Å²) in [5.74, 6) is -0.224. The molecule has 1 aromatic carbocycles. The lowest BCUT2D eigenvalue weighted by Gasteiger charge is -2.18. The molecule has 0 radical (unpaired) electrons. The molecule has 1 unspecified atom stereocenters. The molecular weight excluding hydrogens is 321 g/mol. The van der Waals surface area contributed by atoms with Crippen LogP contribution >= 0.6 is 15.9 Å². The molecule has 0 aliphatic heterocycles. The molecule has 1 heterocycles. The number of benzene rings is 1. The maximum absolute atomic E-state index is 13.2. The SMILES string of the molecule is CCNC(Cc1ccc(F)cc1Br)c1cn(C)nc1C. The maximum atomic E-state index is 13.2. The quantitative estimate of drug-likeness (QED) is 0.903. The van der Waals surface area contributed by atoms with Gasteiger partial charge in [-0.15, -0.1) is 0 Å². The van der Waals surface area contributed by atoms with Crippen LogP contribution in [0.15, 0.2) is 28.9 Å². The van der Waals surface area contributed by atoms with Crippen molar-refractivity contribution in [2.75, 3.05) is 6.54 Å². The Morgan fingerprint density at radius 2 is 2.20 bits per heavy atom. The van der Waals surface area contributed by atoms with Crippen molar-refractivity contribution in [2.24, 2.45) is 7.05 Å². The summed E-state index contributed by atoms with van der Waals surface area (Å²) >= 11 is 3.43. The Labute approximate surface area is 127 Å². The number of halogens is 2. The van der Waals surface area contributed by atoms with Gasteiger partial charge in [0.05, 0.1) is 5.69 Å². The predicted molar refractivity (Wildman–Crippen MR) is 82.2 cm³/mol. The van der Waals surface area contributed by atoms with Crippen molar-refractivity contribution < 1.29 is 4.39 Å². The van der Waals surface area contributed by atoms with E-state index < -0.39 is 0 Å². The molecule has 0 spiro atoms. The van der Waals surface area contributed by atoms with E-state index in [0.29, 0.717) is 0 Å². The first-order chi connectivity index (χ1) is 9.51. The highest BCUT2D eigenvalue weighted by molar-refractivity contribution is 9.10. The number of likely N-dealkylation sites (N-methyl/N-ethyl adjacent to an activating group) is 1. The second-order valence-corrected chi connectivity index (χ2v) is 5.75. The molecule has 1 N–H and O–H groups in total. The van der Waals surface area contributed by atoms with E-state index in [1.54, 1.807) is 0 Å². The van der Waals surface area contributed by atoms with Crippen LogP contribution in [0.3, 0.4) is 0 Å². The van der Waals surface area contributed by atoms with Gasteiger partial charge in [-0.2, -0.15) is 5.10 Å². The van der Waals surface area contributed by atoms with Crippen molar-refractivity contribution in [3.63, 3.8) is 0 Å². The van der Waals surface area contributed by atoms with Gasteiger partial charge in [-0.3, -0.25) is 4.68 Å². The Balaban J connectivity index is 2.27. The van der Waals surface area contributed by atoms with Gasteiger partial charge in [0, 0.05) is 29.3 Å². The summed E-state index contributed by atoms with van der Waals surface area (Å²) in [6.45, 7) is 4.97. The molecule has 1 aromatic heterocycles. The maximum Gasteiger partial charge on any atom is 0.124 e. The lowest BCUT2D eigenvalue weighted by Crippen LogP contribution is -2.23. The molecule has 0 aliphatic rings. The number of nitrogens with one attached hydrogen (secondary N) is 1. The zero-order valence-corrected chi connectivity index (χ0v) is 13.5. The topological polar surface area (TPSA) is 29.9 Å². The van der Waals surface area contributed by atoms with E-state index in [1.807, 2.05) is 30.9 Å². The van der Waals surface area contributed by atoms with Crippen LogP contribution in [0.2, 0.25) is 0 Å². The van der Waals surface area contributed by atoms with Crippen molar-refractivity contribution >= 4 is 15.9 Å². The Morgan fingerprint density at radius 3 is 2.75 bits per heavy atom. The molecule has 1 atom stereocenters. The minimum Gasteiger partial charge on any atom is -0.310 e. The van der Waals surface area contributed by atoms with Gasteiger partial charge < -0.3 is 5.32 Å². The Bertz CT molecular complexity index is 595. The summed E-state index contributed by atoms with van der Waals surface area (Å²) in [5.41, 5.74) is 3.29. The molecule has 2 aromatic rings. The van der Waals surface area contributed by atoms with Crippen molar-refractivity contribution in [2.45, 2.75) is 26.3 Å². The lowest BCUT2D eigenvalue weighted by atomic mass is 9.99. The van der Waals surface area contributed by atoms with Gasteiger partial charge in [0.25, 0.3) is 0 Å². The minimum atomic E-state index is -0.224. The van der Waals surface area contributed by atoms with Crippen molar-refractivity contribution in [1.82, 2.24) is 15.1 Å². The molecule has 0 amide bonds. The molecule has 108 valence electrons. The molecule has 0 fully saturated rings. The molecule has 20 heavy (non-hydrogen) atoms. The molecule has 2 rings (SSSR count). The first-order valence-corrected chi connectivity index (χ1v) is 7.48. The van der Waals surface area contributed by atoms with Crippen LogP contribution in [0.25, 0.3) is 0 Å². The number of aromatic nitrogens is 2. The zero-order valence-electron chi connectivity index (χ0n) is 12.0. The van der Waals surface area contributed by atoms with Gasteiger partial charge in [-0.1, -0.05) is 28.9 Å². The van der Waals surface area contributed by atoms with E-state index in [2.05, 4.69) is 33.3 Å². The standard InChI is InChI=1S/C15H19BrFN3/c1-4-18-15(13-9-20(3)19-10(13)2)7-11-5-6-12(17)8-14(11)16/h5-6,8-9,15,18H,4,7H2,1-3H3. The fourth-order valence-corrected chi connectivity index (χ4v) is 2.92. The van der Waals surface area contributed by atoms with E-state index in [-0.39, 0.29) is 11.9 Å². The minimum absolute atomic E-state index is 0.176. The van der Waals surface area contributed by atoms with E-state index in [0.717, 1.165) is 28.7 Å². The molecule has 0 aliphatic carbocycles. The first kappa shape index (κ1) is 15.2. The summed E-state index contributed by atoms with van der Waals surface area (Å²) in [5, 5.41) is 7.87. The Morgan fingerprint density at radius 1 is 1.45 bits per heavy atom. The van der Waals surface area contributed by atoms with Gasteiger partial charge in [-0.05, 0) is 37.6 Å². The van der Waals surface area contributed by atoms with Gasteiger partial charge in [0.15, 0.2) is 0 Å². The van der Waals surface area contributed by atoms with Gasteiger partial charge in [0.1, 0.15) is 5.82 Å². The third-order valence-electron chi connectivity index (χ3n) is 3.32. The number of hydrogen-bond donors (Lipinski definition) is 1. The second-order valence-electron chi connectivity index (χ2n) is 4.89. The monoisotopic (exact) mass is 339 g/mol. The molecule has 0 bridgehead atoms. The number of nitrogens with zero attached hydrogens (tertiary/aromatic N) is 2. The van der Waals surface area contributed by atoms with E-state index in [9.17, 15) is 4.39 Å². The number of hydrogen-bond acceptors (Lipinski definition) is 2. The summed E-state index contributed by atoms with van der Waals surface area (Å²) in [6, 6.07) is 5.01. The third kappa shape index (κ3) is 3.46. The van der Waals surface area contributed by atoms with Crippen LogP contribution in [-0.4, -0.2) is 16.3 Å². The summed E-state index contributed by atoms with van der Waals surface area (Å²) in [7, 11) is 1.92. The lowest BCUT2D eigenvalue weighted by molar-refractivity contribution is 0.545. The molecule has 0 saturated heterocycles. The van der Waals surface area contributed by atoms with Crippen LogP contribution in [0.1, 0.15) is 29.8 Å². The van der Waals surface area contributed by atoms with Crippen LogP contribution in [0.5, 0.6) is 0 Å². The van der Waals surface area contributed by atoms with Crippen LogP contribution < -0.4 is 5.32 Å². The first-order valence-electron chi connectivity index (χ1n) is 6.68. The molecule has 3 nitrogen and oxygen atoms in total. The van der Waals surface area contributed by atoms with Gasteiger partial charge in [-0.25, -0.2) is 4.39 Å². The molecule has 5 heteroatoms. The van der Waals surface area contributed by atoms with E-state index in [4.69, 9.17) is 0 Å². The Hall–Kier alpha value is -1.20. The number of aryl methyl sites for hydroxylation is 2. The Kier molecular flexibility index (Phi) is 4.94. The molecule has 0 saturated carbocycles. The van der Waals surface area contributed by atoms with Crippen LogP contribution in [-0.2, 0) is 13.5 Å². The highest BCUT2D eigenvalue weighted by Gasteiger charge is 2.17. The van der Waals surface area contributed by atoms with Crippen LogP contribution in [0, 0.1) is 12.7 Å². The number of rotatable bonds is 5. The van der Waals surface area contributed by atoms with Gasteiger partial charge >= 0.3 is 0 Å². The van der Waals surface area contributed by atoms with Gasteiger partial charge in [0.2, 0.25) is 0 Å². The molecular formula is C15H19BrFN3. The normalized spacial score (nSPS) is 12.7. The summed E-state index contributed by atoms with van der Waals surface area (Å²) in [4.78, 5) is 0. The average Bonchev–Trinajstić information content (AvgIpc) is 2.71. The fraction of sp³-hybridized carbons (Fsp3) is 0.400. The third-order valence-corrected chi connectivity index (χ3v) is 4.05. The smallest absolute Gasteiger partial charge is 0.124 e.